The van der Waals surface area contributed by atoms with Crippen LogP contribution in [0.1, 0.15) is 27.7 Å². The minimum absolute atomic E-state index is 0.0132. The van der Waals surface area contributed by atoms with E-state index in [1.165, 1.54) is 5.56 Å². The summed E-state index contributed by atoms with van der Waals surface area (Å²) in [5.74, 6) is 1.52. The monoisotopic (exact) mass is 482 g/mol. The first-order valence-corrected chi connectivity index (χ1v) is 12.4. The van der Waals surface area contributed by atoms with Gasteiger partial charge in [-0.2, -0.15) is 0 Å². The first kappa shape index (κ1) is 22.6. The van der Waals surface area contributed by atoms with E-state index in [9.17, 15) is 4.79 Å². The highest BCUT2D eigenvalue weighted by Gasteiger charge is 2.39. The van der Waals surface area contributed by atoms with Crippen molar-refractivity contribution in [1.82, 2.24) is 0 Å². The Morgan fingerprint density at radius 2 is 1.16 bits per heavy atom. The third kappa shape index (κ3) is 4.57. The van der Waals surface area contributed by atoms with Gasteiger partial charge in [0.15, 0.2) is 0 Å². The van der Waals surface area contributed by atoms with Crippen molar-refractivity contribution >= 4 is 17.3 Å². The molecule has 1 atom stereocenters. The number of carbonyl (C=O) groups excluding carboxylic acids is 1. The van der Waals surface area contributed by atoms with Gasteiger partial charge in [0, 0.05) is 12.2 Å². The van der Waals surface area contributed by atoms with Crippen LogP contribution in [0.5, 0.6) is 11.5 Å². The van der Waals surface area contributed by atoms with Gasteiger partial charge in [0.05, 0.1) is 11.3 Å². The van der Waals surface area contributed by atoms with Crippen LogP contribution in [-0.2, 0) is 6.54 Å². The minimum Gasteiger partial charge on any atom is -0.457 e. The number of ether oxygens (including phenoxy) is 1. The molecule has 0 aliphatic carbocycles. The van der Waals surface area contributed by atoms with E-state index in [1.807, 2.05) is 108 Å². The predicted octanol–water partition coefficient (Wildman–Crippen LogP) is 7.84. The van der Waals surface area contributed by atoms with Crippen LogP contribution >= 0.6 is 0 Å². The maximum absolute atomic E-state index is 14.0. The van der Waals surface area contributed by atoms with Crippen LogP contribution in [0.4, 0.5) is 11.4 Å². The molecule has 5 aromatic rings. The van der Waals surface area contributed by atoms with Gasteiger partial charge in [-0.25, -0.2) is 0 Å². The molecule has 1 amide bonds. The van der Waals surface area contributed by atoms with Crippen LogP contribution in [0.3, 0.4) is 0 Å². The number of amides is 1. The minimum atomic E-state index is -0.337. The van der Waals surface area contributed by atoms with Crippen molar-refractivity contribution < 1.29 is 9.53 Å². The lowest BCUT2D eigenvalue weighted by molar-refractivity contribution is 0.0968. The van der Waals surface area contributed by atoms with Crippen molar-refractivity contribution in [2.75, 3.05) is 9.80 Å². The second-order valence-electron chi connectivity index (χ2n) is 9.00. The highest BCUT2D eigenvalue weighted by molar-refractivity contribution is 6.12. The largest absolute Gasteiger partial charge is 0.457 e. The van der Waals surface area contributed by atoms with Crippen molar-refractivity contribution in [3.05, 3.63) is 156 Å². The van der Waals surface area contributed by atoms with E-state index < -0.39 is 0 Å². The number of anilines is 2. The van der Waals surface area contributed by atoms with Gasteiger partial charge in [-0.15, -0.1) is 0 Å². The lowest BCUT2D eigenvalue weighted by Gasteiger charge is -2.46. The third-order valence-electron chi connectivity index (χ3n) is 6.59. The van der Waals surface area contributed by atoms with Crippen LogP contribution < -0.4 is 14.5 Å². The fourth-order valence-corrected chi connectivity index (χ4v) is 4.88. The molecule has 4 nitrogen and oxygen atoms in total. The molecule has 37 heavy (non-hydrogen) atoms. The van der Waals surface area contributed by atoms with Crippen LogP contribution in [0.15, 0.2) is 140 Å². The second kappa shape index (κ2) is 10.0. The highest BCUT2D eigenvalue weighted by Crippen LogP contribution is 2.42. The van der Waals surface area contributed by atoms with E-state index in [-0.39, 0.29) is 12.1 Å². The van der Waals surface area contributed by atoms with Crippen molar-refractivity contribution in [2.45, 2.75) is 12.7 Å². The quantitative estimate of drug-likeness (QED) is 0.247. The molecule has 0 unspecified atom stereocenters. The van der Waals surface area contributed by atoms with Crippen molar-refractivity contribution in [1.29, 1.82) is 0 Å². The SMILES string of the molecule is O=C1c2ccccc2N(Cc2ccccc2)[C@H](c2ccc(Oc3ccccc3)cc2)N1c1ccccc1. The van der Waals surface area contributed by atoms with Gasteiger partial charge in [0.1, 0.15) is 17.7 Å². The van der Waals surface area contributed by atoms with E-state index >= 15 is 0 Å². The number of benzene rings is 5. The van der Waals surface area contributed by atoms with Gasteiger partial charge in [-0.1, -0.05) is 91.0 Å². The molecule has 4 heteroatoms. The molecule has 1 heterocycles. The summed E-state index contributed by atoms with van der Waals surface area (Å²) in [5.41, 5.74) is 4.66. The average molecular weight is 483 g/mol. The van der Waals surface area contributed by atoms with Gasteiger partial charge in [0.25, 0.3) is 5.91 Å². The number of carbonyl (C=O) groups is 1. The Balaban J connectivity index is 1.46. The van der Waals surface area contributed by atoms with Crippen LogP contribution in [0.25, 0.3) is 0 Å². The first-order valence-electron chi connectivity index (χ1n) is 12.4. The van der Waals surface area contributed by atoms with E-state index in [2.05, 4.69) is 41.3 Å². The summed E-state index contributed by atoms with van der Waals surface area (Å²) in [5, 5.41) is 0. The van der Waals surface area contributed by atoms with Crippen molar-refractivity contribution in [2.24, 2.45) is 0 Å². The van der Waals surface area contributed by atoms with E-state index in [1.54, 1.807) is 0 Å². The van der Waals surface area contributed by atoms with Gasteiger partial charge < -0.3 is 9.64 Å². The van der Waals surface area contributed by atoms with Gasteiger partial charge in [-0.3, -0.25) is 9.69 Å². The standard InChI is InChI=1S/C33H26N2O2/c36-33-30-18-10-11-19-31(30)34(24-25-12-4-1-5-13-25)32(35(33)27-14-6-2-7-15-27)26-20-22-29(23-21-26)37-28-16-8-3-9-17-28/h1-23,32H,24H2/t32-/m0/s1. The van der Waals surface area contributed by atoms with Crippen molar-refractivity contribution in [3.63, 3.8) is 0 Å². The lowest BCUT2D eigenvalue weighted by atomic mass is 9.99. The fourth-order valence-electron chi connectivity index (χ4n) is 4.88. The maximum Gasteiger partial charge on any atom is 0.262 e. The number of hydrogen-bond donors (Lipinski definition) is 0. The normalized spacial score (nSPS) is 14.8. The number of nitrogens with zero attached hydrogens (tertiary/aromatic N) is 2. The molecule has 0 fully saturated rings. The van der Waals surface area contributed by atoms with E-state index in [4.69, 9.17) is 4.74 Å². The molecule has 1 aliphatic heterocycles. The average Bonchev–Trinajstić information content (AvgIpc) is 2.96. The van der Waals surface area contributed by atoms with Crippen LogP contribution in [-0.4, -0.2) is 5.91 Å². The molecule has 0 bridgehead atoms. The Morgan fingerprint density at radius 3 is 1.86 bits per heavy atom. The smallest absolute Gasteiger partial charge is 0.262 e. The number of hydrogen-bond acceptors (Lipinski definition) is 3. The topological polar surface area (TPSA) is 32.8 Å². The molecule has 0 spiro atoms. The Labute approximate surface area is 217 Å². The summed E-state index contributed by atoms with van der Waals surface area (Å²) in [6.45, 7) is 0.654. The maximum atomic E-state index is 14.0. The summed E-state index contributed by atoms with van der Waals surface area (Å²) in [4.78, 5) is 18.2. The predicted molar refractivity (Wildman–Crippen MR) is 148 cm³/mol. The summed E-state index contributed by atoms with van der Waals surface area (Å²) >= 11 is 0. The Morgan fingerprint density at radius 1 is 0.595 bits per heavy atom. The molecule has 0 N–H and O–H groups in total. The van der Waals surface area contributed by atoms with Crippen LogP contribution in [0, 0.1) is 0 Å². The molecule has 0 radical (unpaired) electrons. The molecular weight excluding hydrogens is 456 g/mol. The van der Waals surface area contributed by atoms with Gasteiger partial charge >= 0.3 is 0 Å². The summed E-state index contributed by atoms with van der Waals surface area (Å²) in [7, 11) is 0. The van der Waals surface area contributed by atoms with Gasteiger partial charge in [0.2, 0.25) is 0 Å². The Kier molecular flexibility index (Phi) is 6.14. The second-order valence-corrected chi connectivity index (χ2v) is 9.00. The first-order chi connectivity index (χ1) is 18.3. The number of para-hydroxylation sites is 3. The molecule has 6 rings (SSSR count). The molecular formula is C33H26N2O2. The highest BCUT2D eigenvalue weighted by atomic mass is 16.5. The van der Waals surface area contributed by atoms with Gasteiger partial charge in [-0.05, 0) is 59.7 Å². The molecule has 180 valence electrons. The molecule has 0 saturated heterocycles. The molecule has 0 aromatic heterocycles. The van der Waals surface area contributed by atoms with E-state index in [0.717, 1.165) is 28.4 Å². The van der Waals surface area contributed by atoms with E-state index in [0.29, 0.717) is 12.1 Å². The summed E-state index contributed by atoms with van der Waals surface area (Å²) < 4.78 is 6.04. The zero-order valence-electron chi connectivity index (χ0n) is 20.3. The Hall–Kier alpha value is -4.83. The zero-order valence-corrected chi connectivity index (χ0v) is 20.3. The zero-order chi connectivity index (χ0) is 25.0. The number of rotatable bonds is 6. The molecule has 0 saturated carbocycles. The molecule has 1 aliphatic rings. The third-order valence-corrected chi connectivity index (χ3v) is 6.59. The van der Waals surface area contributed by atoms with Crippen molar-refractivity contribution in [3.8, 4) is 11.5 Å². The number of fused-ring (bicyclic) bond motifs is 1. The fraction of sp³-hybridized carbons (Fsp3) is 0.0606. The van der Waals surface area contributed by atoms with Crippen LogP contribution in [0.2, 0.25) is 0 Å². The summed E-state index contributed by atoms with van der Waals surface area (Å²) in [6, 6.07) is 45.9. The summed E-state index contributed by atoms with van der Waals surface area (Å²) in [6.07, 6.45) is -0.337. The molecule has 5 aromatic carbocycles. The Bertz CT molecular complexity index is 1490. The lowest BCUT2D eigenvalue weighted by Crippen LogP contribution is -2.49.